The van der Waals surface area contributed by atoms with E-state index in [-0.39, 0.29) is 0 Å². The van der Waals surface area contributed by atoms with Crippen LogP contribution < -0.4 is 10.1 Å². The first-order chi connectivity index (χ1) is 12.5. The van der Waals surface area contributed by atoms with Gasteiger partial charge in [0, 0.05) is 22.8 Å². The Bertz CT molecular complexity index is 887. The fourth-order valence-corrected chi connectivity index (χ4v) is 2.98. The number of halogens is 1. The first-order valence-electron chi connectivity index (χ1n) is 8.79. The first kappa shape index (κ1) is 18.3. The zero-order chi connectivity index (χ0) is 18.5. The maximum absolute atomic E-state index is 6.21. The van der Waals surface area contributed by atoms with Crippen LogP contribution in [-0.4, -0.2) is 0 Å². The van der Waals surface area contributed by atoms with E-state index in [4.69, 9.17) is 16.3 Å². The molecular formula is C23H24ClNO. The SMILES string of the molecule is Cc1ccc(COc2ccc(Cl)cc2CNc2cc(C)ccc2C)cc1. The smallest absolute Gasteiger partial charge is 0.124 e. The second-order valence-electron chi connectivity index (χ2n) is 6.70. The van der Waals surface area contributed by atoms with E-state index in [2.05, 4.69) is 68.6 Å². The van der Waals surface area contributed by atoms with E-state index in [1.807, 2.05) is 18.2 Å². The van der Waals surface area contributed by atoms with Gasteiger partial charge in [-0.05, 0) is 61.7 Å². The number of anilines is 1. The summed E-state index contributed by atoms with van der Waals surface area (Å²) in [5.74, 6) is 0.854. The fraction of sp³-hybridized carbons (Fsp3) is 0.217. The van der Waals surface area contributed by atoms with Gasteiger partial charge in [0.15, 0.2) is 0 Å². The lowest BCUT2D eigenvalue weighted by molar-refractivity contribution is 0.303. The minimum Gasteiger partial charge on any atom is -0.489 e. The predicted molar refractivity (Wildman–Crippen MR) is 110 cm³/mol. The Labute approximate surface area is 160 Å². The van der Waals surface area contributed by atoms with Crippen LogP contribution in [0.3, 0.4) is 0 Å². The Kier molecular flexibility index (Phi) is 5.85. The molecule has 0 spiro atoms. The molecule has 0 heterocycles. The summed E-state index contributed by atoms with van der Waals surface area (Å²) in [7, 11) is 0. The lowest BCUT2D eigenvalue weighted by Gasteiger charge is -2.15. The van der Waals surface area contributed by atoms with Crippen LogP contribution in [0.2, 0.25) is 5.02 Å². The molecule has 0 aliphatic heterocycles. The molecule has 3 aromatic carbocycles. The Morgan fingerprint density at radius 1 is 0.846 bits per heavy atom. The molecule has 0 unspecified atom stereocenters. The lowest BCUT2D eigenvalue weighted by Crippen LogP contribution is -2.05. The molecule has 0 aliphatic rings. The molecule has 0 bridgehead atoms. The molecule has 0 aromatic heterocycles. The van der Waals surface area contributed by atoms with Gasteiger partial charge in [-0.2, -0.15) is 0 Å². The summed E-state index contributed by atoms with van der Waals surface area (Å²) in [6.07, 6.45) is 0. The van der Waals surface area contributed by atoms with Gasteiger partial charge in [-0.3, -0.25) is 0 Å². The molecule has 26 heavy (non-hydrogen) atoms. The molecular weight excluding hydrogens is 342 g/mol. The van der Waals surface area contributed by atoms with E-state index in [0.717, 1.165) is 22.6 Å². The highest BCUT2D eigenvalue weighted by Crippen LogP contribution is 2.26. The number of hydrogen-bond donors (Lipinski definition) is 1. The second-order valence-corrected chi connectivity index (χ2v) is 7.13. The molecule has 3 aromatic rings. The number of aryl methyl sites for hydroxylation is 3. The van der Waals surface area contributed by atoms with Crippen molar-refractivity contribution in [3.05, 3.63) is 93.5 Å². The van der Waals surface area contributed by atoms with Crippen molar-refractivity contribution in [2.75, 3.05) is 5.32 Å². The minimum atomic E-state index is 0.540. The normalized spacial score (nSPS) is 10.6. The standard InChI is InChI=1S/C23H24ClNO/c1-16-5-8-19(9-6-16)15-26-23-11-10-21(24)13-20(23)14-25-22-12-17(2)4-7-18(22)3/h4-13,25H,14-15H2,1-3H3. The number of hydrogen-bond acceptors (Lipinski definition) is 2. The summed E-state index contributed by atoms with van der Waals surface area (Å²) in [4.78, 5) is 0. The maximum atomic E-state index is 6.21. The van der Waals surface area contributed by atoms with Gasteiger partial charge >= 0.3 is 0 Å². The predicted octanol–water partition coefficient (Wildman–Crippen LogP) is 6.46. The van der Waals surface area contributed by atoms with Crippen LogP contribution in [-0.2, 0) is 13.2 Å². The molecule has 0 fully saturated rings. The zero-order valence-corrected chi connectivity index (χ0v) is 16.2. The monoisotopic (exact) mass is 365 g/mol. The Morgan fingerprint density at radius 2 is 1.58 bits per heavy atom. The highest BCUT2D eigenvalue weighted by Gasteiger charge is 2.07. The van der Waals surface area contributed by atoms with E-state index < -0.39 is 0 Å². The molecule has 134 valence electrons. The molecule has 0 saturated carbocycles. The van der Waals surface area contributed by atoms with Crippen molar-refractivity contribution in [2.24, 2.45) is 0 Å². The third-order valence-corrected chi connectivity index (χ3v) is 4.63. The van der Waals surface area contributed by atoms with Crippen molar-refractivity contribution < 1.29 is 4.74 Å². The lowest BCUT2D eigenvalue weighted by atomic mass is 10.1. The van der Waals surface area contributed by atoms with Crippen molar-refractivity contribution in [1.82, 2.24) is 0 Å². The Hall–Kier alpha value is -2.45. The largest absolute Gasteiger partial charge is 0.489 e. The van der Waals surface area contributed by atoms with Crippen LogP contribution in [0.1, 0.15) is 27.8 Å². The molecule has 0 aliphatic carbocycles. The van der Waals surface area contributed by atoms with Crippen LogP contribution in [0.4, 0.5) is 5.69 Å². The van der Waals surface area contributed by atoms with Crippen molar-refractivity contribution in [1.29, 1.82) is 0 Å². The van der Waals surface area contributed by atoms with Gasteiger partial charge in [-0.1, -0.05) is 53.6 Å². The van der Waals surface area contributed by atoms with Gasteiger partial charge in [0.1, 0.15) is 12.4 Å². The van der Waals surface area contributed by atoms with Crippen molar-refractivity contribution in [2.45, 2.75) is 33.9 Å². The molecule has 0 saturated heterocycles. The van der Waals surface area contributed by atoms with Crippen molar-refractivity contribution in [3.63, 3.8) is 0 Å². The van der Waals surface area contributed by atoms with E-state index in [9.17, 15) is 0 Å². The van der Waals surface area contributed by atoms with Crippen LogP contribution in [0.15, 0.2) is 60.7 Å². The first-order valence-corrected chi connectivity index (χ1v) is 9.17. The number of benzene rings is 3. The van der Waals surface area contributed by atoms with E-state index in [1.54, 1.807) is 0 Å². The molecule has 3 heteroatoms. The molecule has 0 amide bonds. The second kappa shape index (κ2) is 8.29. The van der Waals surface area contributed by atoms with E-state index in [0.29, 0.717) is 18.2 Å². The molecule has 1 N–H and O–H groups in total. The van der Waals surface area contributed by atoms with E-state index in [1.165, 1.54) is 16.7 Å². The highest BCUT2D eigenvalue weighted by molar-refractivity contribution is 6.30. The number of rotatable bonds is 6. The van der Waals surface area contributed by atoms with Gasteiger partial charge in [0.2, 0.25) is 0 Å². The summed E-state index contributed by atoms with van der Waals surface area (Å²) < 4.78 is 6.06. The zero-order valence-electron chi connectivity index (χ0n) is 15.5. The molecule has 0 atom stereocenters. The summed E-state index contributed by atoms with van der Waals surface area (Å²) in [6, 6.07) is 20.6. The third-order valence-electron chi connectivity index (χ3n) is 4.40. The van der Waals surface area contributed by atoms with Crippen LogP contribution >= 0.6 is 11.6 Å². The molecule has 3 rings (SSSR count). The fourth-order valence-electron chi connectivity index (χ4n) is 2.79. The summed E-state index contributed by atoms with van der Waals surface area (Å²) in [6.45, 7) is 7.49. The van der Waals surface area contributed by atoms with Crippen LogP contribution in [0.25, 0.3) is 0 Å². The average Bonchev–Trinajstić information content (AvgIpc) is 2.63. The molecule has 2 nitrogen and oxygen atoms in total. The van der Waals surface area contributed by atoms with Gasteiger partial charge in [0.05, 0.1) is 0 Å². The topological polar surface area (TPSA) is 21.3 Å². The quantitative estimate of drug-likeness (QED) is 0.541. The van der Waals surface area contributed by atoms with Crippen LogP contribution in [0.5, 0.6) is 5.75 Å². The van der Waals surface area contributed by atoms with Gasteiger partial charge < -0.3 is 10.1 Å². The third kappa shape index (κ3) is 4.80. The average molecular weight is 366 g/mol. The molecule has 0 radical (unpaired) electrons. The Balaban J connectivity index is 1.73. The number of nitrogens with one attached hydrogen (secondary N) is 1. The van der Waals surface area contributed by atoms with Crippen molar-refractivity contribution in [3.8, 4) is 5.75 Å². The van der Waals surface area contributed by atoms with Crippen LogP contribution in [0, 0.1) is 20.8 Å². The van der Waals surface area contributed by atoms with Gasteiger partial charge in [-0.15, -0.1) is 0 Å². The summed E-state index contributed by atoms with van der Waals surface area (Å²) in [5, 5.41) is 4.22. The van der Waals surface area contributed by atoms with Crippen molar-refractivity contribution >= 4 is 17.3 Å². The minimum absolute atomic E-state index is 0.540. The highest BCUT2D eigenvalue weighted by atomic mass is 35.5. The van der Waals surface area contributed by atoms with Gasteiger partial charge in [0.25, 0.3) is 0 Å². The summed E-state index contributed by atoms with van der Waals surface area (Å²) >= 11 is 6.21. The van der Waals surface area contributed by atoms with E-state index >= 15 is 0 Å². The Morgan fingerprint density at radius 3 is 2.35 bits per heavy atom. The maximum Gasteiger partial charge on any atom is 0.124 e. The van der Waals surface area contributed by atoms with Gasteiger partial charge in [-0.25, -0.2) is 0 Å². The summed E-state index contributed by atoms with van der Waals surface area (Å²) in [5.41, 5.74) is 7.04. The number of ether oxygens (including phenoxy) is 1.